The van der Waals surface area contributed by atoms with Crippen molar-refractivity contribution in [3.05, 3.63) is 29.8 Å². The van der Waals surface area contributed by atoms with Crippen molar-refractivity contribution < 1.29 is 21.1 Å². The summed E-state index contributed by atoms with van der Waals surface area (Å²) < 4.78 is 5.51. The van der Waals surface area contributed by atoms with E-state index in [0.29, 0.717) is 0 Å². The van der Waals surface area contributed by atoms with Crippen LogP contribution in [0.1, 0.15) is 19.4 Å². The Labute approximate surface area is 96.9 Å². The molecule has 0 unspecified atom stereocenters. The first kappa shape index (κ1) is 13.1. The molecule has 1 rings (SSSR count). The fourth-order valence-corrected chi connectivity index (χ4v) is 0.874. The Morgan fingerprint density at radius 2 is 2.08 bits per heavy atom. The van der Waals surface area contributed by atoms with E-state index in [-0.39, 0.29) is 6.10 Å². The summed E-state index contributed by atoms with van der Waals surface area (Å²) in [6, 6.07) is 8.74. The second-order valence-electron chi connectivity index (χ2n) is 2.86. The van der Waals surface area contributed by atoms with E-state index in [1.807, 2.05) is 39.0 Å². The monoisotopic (exact) mass is 292 g/mol. The average Bonchev–Trinajstić information content (AvgIpc) is 2.12. The summed E-state index contributed by atoms with van der Waals surface area (Å²) in [6.45, 7) is 6.07. The molecule has 0 amide bonds. The molecule has 0 saturated heterocycles. The molecule has 0 radical (unpaired) electrons. The van der Waals surface area contributed by atoms with Gasteiger partial charge in [-0.25, -0.2) is 0 Å². The molecule has 0 spiro atoms. The Balaban J connectivity index is 0.000000671. The molecule has 0 aliphatic rings. The van der Waals surface area contributed by atoms with Gasteiger partial charge in [0.2, 0.25) is 0 Å². The van der Waals surface area contributed by atoms with Crippen molar-refractivity contribution >= 4 is 13.6 Å². The Morgan fingerprint density at radius 3 is 2.54 bits per heavy atom. The van der Waals surface area contributed by atoms with E-state index >= 15 is 0 Å². The van der Waals surface area contributed by atoms with Gasteiger partial charge < -0.3 is 4.74 Å². The Kier molecular flexibility index (Phi) is 7.59. The number of aryl methyl sites for hydroxylation is 1. The zero-order valence-corrected chi connectivity index (χ0v) is 12.9. The van der Waals surface area contributed by atoms with Crippen molar-refractivity contribution in [2.75, 3.05) is 0 Å². The number of ether oxygens (including phenoxy) is 1. The first-order chi connectivity index (χ1) is 6.20. The molecule has 0 aliphatic carbocycles. The standard InChI is InChI=1S/C10H13O.BrH.Zn/c1-8(2)11-10-7-5-4-6-9(10)3;;/h4,6-8H,1-3H3;1H;/q-1;;+2/p-1. The van der Waals surface area contributed by atoms with Gasteiger partial charge in [0, 0.05) is 5.75 Å². The van der Waals surface area contributed by atoms with Crippen LogP contribution in [0.2, 0.25) is 0 Å². The normalized spacial score (nSPS) is 9.15. The van der Waals surface area contributed by atoms with Crippen LogP contribution < -0.4 is 4.74 Å². The minimum atomic E-state index is 0.240. The van der Waals surface area contributed by atoms with Gasteiger partial charge in [0.05, 0.1) is 6.10 Å². The molecule has 0 heterocycles. The molecule has 68 valence electrons. The molecule has 0 aliphatic heterocycles. The molecular formula is C10H13BrOZn. The Bertz CT molecular complexity index is 238. The molecule has 0 aromatic heterocycles. The van der Waals surface area contributed by atoms with Gasteiger partial charge in [0.1, 0.15) is 0 Å². The molecule has 0 atom stereocenters. The van der Waals surface area contributed by atoms with E-state index in [1.54, 1.807) is 0 Å². The van der Waals surface area contributed by atoms with Gasteiger partial charge >= 0.3 is 30.0 Å². The summed E-state index contributed by atoms with van der Waals surface area (Å²) in [5, 5.41) is 0. The first-order valence-corrected chi connectivity index (χ1v) is 11.0. The quantitative estimate of drug-likeness (QED) is 0.600. The van der Waals surface area contributed by atoms with Gasteiger partial charge in [-0.2, -0.15) is 18.2 Å². The number of hydrogen-bond acceptors (Lipinski definition) is 1. The SMILES string of the molecule is Cc1cc[c-]cc1OC(C)C.[Zn+][Br]. The van der Waals surface area contributed by atoms with E-state index < -0.39 is 0 Å². The van der Waals surface area contributed by atoms with Gasteiger partial charge in [-0.3, -0.25) is 0 Å². The average molecular weight is 295 g/mol. The van der Waals surface area contributed by atoms with E-state index in [4.69, 9.17) is 4.74 Å². The number of halogens is 1. The molecule has 0 N–H and O–H groups in total. The van der Waals surface area contributed by atoms with Crippen LogP contribution in [0.25, 0.3) is 0 Å². The maximum absolute atomic E-state index is 5.51. The summed E-state index contributed by atoms with van der Waals surface area (Å²) in [6.07, 6.45) is 0.240. The zero-order valence-electron chi connectivity index (χ0n) is 8.30. The van der Waals surface area contributed by atoms with E-state index in [0.717, 1.165) is 11.3 Å². The van der Waals surface area contributed by atoms with Crippen LogP contribution in [0.15, 0.2) is 18.2 Å². The van der Waals surface area contributed by atoms with E-state index in [1.165, 1.54) is 16.3 Å². The predicted molar refractivity (Wildman–Crippen MR) is 54.7 cm³/mol. The predicted octanol–water partition coefficient (Wildman–Crippen LogP) is 3.43. The minimum absolute atomic E-state index is 0.240. The van der Waals surface area contributed by atoms with Gasteiger partial charge in [0.25, 0.3) is 0 Å². The molecule has 3 heteroatoms. The summed E-state index contributed by atoms with van der Waals surface area (Å²) >= 11 is 4.25. The van der Waals surface area contributed by atoms with Crippen LogP contribution >= 0.6 is 13.6 Å². The van der Waals surface area contributed by atoms with Crippen LogP contribution in [0.4, 0.5) is 0 Å². The van der Waals surface area contributed by atoms with Gasteiger partial charge in [0.15, 0.2) is 0 Å². The van der Waals surface area contributed by atoms with Crippen LogP contribution in [-0.2, 0) is 16.3 Å². The fraction of sp³-hybridized carbons (Fsp3) is 0.400. The van der Waals surface area contributed by atoms with E-state index in [9.17, 15) is 0 Å². The molecule has 13 heavy (non-hydrogen) atoms. The molecule has 0 saturated carbocycles. The Hall–Kier alpha value is 0.123. The molecule has 1 aromatic rings. The van der Waals surface area contributed by atoms with Gasteiger partial charge in [-0.15, -0.1) is 11.6 Å². The van der Waals surface area contributed by atoms with Crippen molar-refractivity contribution in [2.45, 2.75) is 26.9 Å². The van der Waals surface area contributed by atoms with Crippen LogP contribution in [0.3, 0.4) is 0 Å². The van der Waals surface area contributed by atoms with Crippen LogP contribution in [-0.4, -0.2) is 6.10 Å². The third-order valence-electron chi connectivity index (χ3n) is 1.40. The van der Waals surface area contributed by atoms with Crippen molar-refractivity contribution in [3.8, 4) is 5.75 Å². The van der Waals surface area contributed by atoms with E-state index in [2.05, 4.69) is 19.7 Å². The van der Waals surface area contributed by atoms with Gasteiger partial charge in [-0.05, 0) is 13.8 Å². The van der Waals surface area contributed by atoms with Crippen LogP contribution in [0, 0.1) is 13.0 Å². The first-order valence-electron chi connectivity index (χ1n) is 4.10. The topological polar surface area (TPSA) is 9.23 Å². The molecule has 0 bridgehead atoms. The molecule has 1 aromatic carbocycles. The maximum atomic E-state index is 5.51. The van der Waals surface area contributed by atoms with Crippen molar-refractivity contribution in [1.29, 1.82) is 0 Å². The summed E-state index contributed by atoms with van der Waals surface area (Å²) in [5.41, 5.74) is 1.16. The fourth-order valence-electron chi connectivity index (χ4n) is 0.874. The summed E-state index contributed by atoms with van der Waals surface area (Å²) in [4.78, 5) is 0. The molecule has 1 nitrogen and oxygen atoms in total. The zero-order chi connectivity index (χ0) is 10.3. The number of benzene rings is 1. The number of hydrogen-bond donors (Lipinski definition) is 0. The Morgan fingerprint density at radius 1 is 1.46 bits per heavy atom. The summed E-state index contributed by atoms with van der Waals surface area (Å²) in [7, 11) is 0. The third kappa shape index (κ3) is 5.43. The van der Waals surface area contributed by atoms with Crippen molar-refractivity contribution in [2.24, 2.45) is 0 Å². The van der Waals surface area contributed by atoms with Gasteiger partial charge in [-0.1, -0.05) is 6.92 Å². The second kappa shape index (κ2) is 7.52. The van der Waals surface area contributed by atoms with Crippen molar-refractivity contribution in [1.82, 2.24) is 0 Å². The van der Waals surface area contributed by atoms with Crippen molar-refractivity contribution in [3.63, 3.8) is 0 Å². The molecule has 0 fully saturated rings. The second-order valence-corrected chi connectivity index (χ2v) is 2.86. The van der Waals surface area contributed by atoms with Crippen LogP contribution in [0.5, 0.6) is 5.75 Å². The summed E-state index contributed by atoms with van der Waals surface area (Å²) in [5.74, 6) is 0.933. The molecular weight excluding hydrogens is 281 g/mol. The third-order valence-corrected chi connectivity index (χ3v) is 1.40. The number of rotatable bonds is 2.